The van der Waals surface area contributed by atoms with Gasteiger partial charge in [-0.25, -0.2) is 4.98 Å². The van der Waals surface area contributed by atoms with E-state index in [0.29, 0.717) is 12.6 Å². The number of nitrogens with zero attached hydrogens (tertiary/aromatic N) is 3. The molecule has 106 valence electrons. The summed E-state index contributed by atoms with van der Waals surface area (Å²) < 4.78 is 8.14. The molecular weight excluding hydrogens is 240 g/mol. The number of nitrogens with two attached hydrogens (primary N) is 1. The normalized spacial score (nSPS) is 30.5. The van der Waals surface area contributed by atoms with E-state index in [1.807, 2.05) is 12.5 Å². The maximum absolute atomic E-state index is 6.05. The zero-order valence-electron chi connectivity index (χ0n) is 11.8. The lowest BCUT2D eigenvalue weighted by Gasteiger charge is -2.40. The van der Waals surface area contributed by atoms with Crippen molar-refractivity contribution in [2.24, 2.45) is 5.73 Å². The first-order chi connectivity index (χ1) is 9.19. The van der Waals surface area contributed by atoms with Gasteiger partial charge in [0.25, 0.3) is 0 Å². The van der Waals surface area contributed by atoms with Crippen LogP contribution < -0.4 is 5.73 Å². The van der Waals surface area contributed by atoms with E-state index in [9.17, 15) is 0 Å². The molecule has 1 saturated heterocycles. The van der Waals surface area contributed by atoms with E-state index < -0.39 is 0 Å². The van der Waals surface area contributed by atoms with Crippen molar-refractivity contribution in [2.45, 2.75) is 51.0 Å². The fourth-order valence-electron chi connectivity index (χ4n) is 3.16. The molecule has 1 unspecified atom stereocenters. The van der Waals surface area contributed by atoms with Gasteiger partial charge in [0, 0.05) is 31.9 Å². The van der Waals surface area contributed by atoms with Crippen LogP contribution in [0.5, 0.6) is 0 Å². The fraction of sp³-hybridized carbons (Fsp3) is 0.786. The molecule has 1 aliphatic heterocycles. The molecule has 0 amide bonds. The van der Waals surface area contributed by atoms with Gasteiger partial charge in [-0.2, -0.15) is 0 Å². The van der Waals surface area contributed by atoms with E-state index >= 15 is 0 Å². The maximum Gasteiger partial charge on any atom is 0.0951 e. The summed E-state index contributed by atoms with van der Waals surface area (Å²) in [5, 5.41) is 0. The Bertz CT molecular complexity index is 419. The summed E-state index contributed by atoms with van der Waals surface area (Å²) >= 11 is 0. The molecule has 0 spiro atoms. The summed E-state index contributed by atoms with van der Waals surface area (Å²) in [4.78, 5) is 6.79. The maximum atomic E-state index is 6.05. The predicted octanol–water partition coefficient (Wildman–Crippen LogP) is 1.33. The van der Waals surface area contributed by atoms with Crippen LogP contribution in [0.2, 0.25) is 0 Å². The van der Waals surface area contributed by atoms with Crippen molar-refractivity contribution in [1.29, 1.82) is 0 Å². The summed E-state index contributed by atoms with van der Waals surface area (Å²) in [5.41, 5.74) is 7.32. The zero-order valence-corrected chi connectivity index (χ0v) is 11.8. The Kier molecular flexibility index (Phi) is 3.60. The molecule has 3 atom stereocenters. The first-order valence-electron chi connectivity index (χ1n) is 7.30. The molecule has 2 N–H and O–H groups in total. The van der Waals surface area contributed by atoms with Gasteiger partial charge in [-0.15, -0.1) is 0 Å². The molecule has 3 rings (SSSR count). The van der Waals surface area contributed by atoms with E-state index in [2.05, 4.69) is 28.3 Å². The zero-order chi connectivity index (χ0) is 13.4. The Hall–Kier alpha value is -0.910. The minimum absolute atomic E-state index is 0.261. The van der Waals surface area contributed by atoms with Gasteiger partial charge >= 0.3 is 0 Å². The SMILES string of the molecule is C[C@@H]1CN(C(CN)c2cncn2C2CC2)C[C@H](C)O1. The monoisotopic (exact) mass is 264 g/mol. The Labute approximate surface area is 114 Å². The van der Waals surface area contributed by atoms with E-state index in [1.54, 1.807) is 0 Å². The van der Waals surface area contributed by atoms with Gasteiger partial charge in [0.2, 0.25) is 0 Å². The van der Waals surface area contributed by atoms with Crippen molar-refractivity contribution in [1.82, 2.24) is 14.5 Å². The van der Waals surface area contributed by atoms with Crippen LogP contribution in [-0.4, -0.2) is 46.3 Å². The molecule has 0 radical (unpaired) electrons. The van der Waals surface area contributed by atoms with Gasteiger partial charge in [-0.1, -0.05) is 0 Å². The number of hydrogen-bond acceptors (Lipinski definition) is 4. The molecule has 1 saturated carbocycles. The van der Waals surface area contributed by atoms with Gasteiger partial charge in [-0.3, -0.25) is 4.90 Å². The number of aromatic nitrogens is 2. The van der Waals surface area contributed by atoms with Crippen LogP contribution in [0, 0.1) is 0 Å². The summed E-state index contributed by atoms with van der Waals surface area (Å²) in [6.45, 7) is 6.80. The second-order valence-corrected chi connectivity index (χ2v) is 5.92. The lowest BCUT2D eigenvalue weighted by atomic mass is 10.1. The molecule has 0 aromatic carbocycles. The van der Waals surface area contributed by atoms with E-state index in [1.165, 1.54) is 18.5 Å². The molecule has 1 aliphatic carbocycles. The molecule has 19 heavy (non-hydrogen) atoms. The van der Waals surface area contributed by atoms with Crippen molar-refractivity contribution < 1.29 is 4.74 Å². The van der Waals surface area contributed by atoms with Crippen molar-refractivity contribution >= 4 is 0 Å². The largest absolute Gasteiger partial charge is 0.373 e. The summed E-state index contributed by atoms with van der Waals surface area (Å²) in [6, 6.07) is 0.916. The molecule has 2 aliphatic rings. The third kappa shape index (κ3) is 2.68. The summed E-state index contributed by atoms with van der Waals surface area (Å²) in [6.07, 6.45) is 7.04. The average Bonchev–Trinajstić information content (AvgIpc) is 3.09. The van der Waals surface area contributed by atoms with Crippen LogP contribution in [0.4, 0.5) is 0 Å². The second-order valence-electron chi connectivity index (χ2n) is 5.92. The highest BCUT2D eigenvalue weighted by molar-refractivity contribution is 5.10. The topological polar surface area (TPSA) is 56.3 Å². The van der Waals surface area contributed by atoms with Crippen LogP contribution in [0.25, 0.3) is 0 Å². The van der Waals surface area contributed by atoms with Crippen molar-refractivity contribution in [3.63, 3.8) is 0 Å². The number of hydrogen-bond donors (Lipinski definition) is 1. The number of rotatable bonds is 4. The first-order valence-corrected chi connectivity index (χ1v) is 7.30. The highest BCUT2D eigenvalue weighted by atomic mass is 16.5. The van der Waals surface area contributed by atoms with E-state index in [0.717, 1.165) is 13.1 Å². The molecule has 1 aromatic rings. The molecule has 2 fully saturated rings. The van der Waals surface area contributed by atoms with Gasteiger partial charge in [0.15, 0.2) is 0 Å². The summed E-state index contributed by atoms with van der Waals surface area (Å²) in [5.74, 6) is 0. The van der Waals surface area contributed by atoms with E-state index in [-0.39, 0.29) is 18.2 Å². The molecule has 1 aromatic heterocycles. The predicted molar refractivity (Wildman–Crippen MR) is 73.9 cm³/mol. The minimum atomic E-state index is 0.261. The quantitative estimate of drug-likeness (QED) is 0.891. The molecular formula is C14H24N4O. The van der Waals surface area contributed by atoms with Crippen LogP contribution >= 0.6 is 0 Å². The lowest BCUT2D eigenvalue weighted by Crippen LogP contribution is -2.48. The fourth-order valence-corrected chi connectivity index (χ4v) is 3.16. The van der Waals surface area contributed by atoms with Gasteiger partial charge in [0.05, 0.1) is 30.3 Å². The Morgan fingerprint density at radius 1 is 1.37 bits per heavy atom. The Morgan fingerprint density at radius 3 is 2.63 bits per heavy atom. The van der Waals surface area contributed by atoms with Crippen molar-refractivity contribution in [2.75, 3.05) is 19.6 Å². The number of ether oxygens (including phenoxy) is 1. The van der Waals surface area contributed by atoms with Crippen molar-refractivity contribution in [3.05, 3.63) is 18.2 Å². The highest BCUT2D eigenvalue weighted by Gasteiger charge is 2.32. The van der Waals surface area contributed by atoms with Gasteiger partial charge in [0.1, 0.15) is 0 Å². The molecule has 0 bridgehead atoms. The van der Waals surface area contributed by atoms with Gasteiger partial charge < -0.3 is 15.0 Å². The Morgan fingerprint density at radius 2 is 2.05 bits per heavy atom. The van der Waals surface area contributed by atoms with Crippen LogP contribution in [0.1, 0.15) is 44.5 Å². The molecule has 5 heteroatoms. The lowest BCUT2D eigenvalue weighted by molar-refractivity contribution is -0.0806. The molecule has 2 heterocycles. The first kappa shape index (κ1) is 13.1. The number of imidazole rings is 1. The molecule has 5 nitrogen and oxygen atoms in total. The summed E-state index contributed by atoms with van der Waals surface area (Å²) in [7, 11) is 0. The highest BCUT2D eigenvalue weighted by Crippen LogP contribution is 2.38. The van der Waals surface area contributed by atoms with Crippen LogP contribution in [-0.2, 0) is 4.74 Å². The van der Waals surface area contributed by atoms with Crippen LogP contribution in [0.3, 0.4) is 0 Å². The Balaban J connectivity index is 1.81. The second kappa shape index (κ2) is 5.23. The van der Waals surface area contributed by atoms with Crippen LogP contribution in [0.15, 0.2) is 12.5 Å². The van der Waals surface area contributed by atoms with E-state index in [4.69, 9.17) is 10.5 Å². The standard InChI is InChI=1S/C14H24N4O/c1-10-7-17(8-11(2)19-10)13(5-15)14-6-16-9-18(14)12-3-4-12/h6,9-13H,3-5,7-8,15H2,1-2H3/t10-,11+,13?. The minimum Gasteiger partial charge on any atom is -0.373 e. The van der Waals surface area contributed by atoms with Crippen molar-refractivity contribution in [3.8, 4) is 0 Å². The number of morpholine rings is 1. The third-order valence-corrected chi connectivity index (χ3v) is 4.09. The average molecular weight is 264 g/mol. The third-order valence-electron chi connectivity index (χ3n) is 4.09. The smallest absolute Gasteiger partial charge is 0.0951 e. The van der Waals surface area contributed by atoms with Gasteiger partial charge in [-0.05, 0) is 26.7 Å².